The predicted molar refractivity (Wildman–Crippen MR) is 53.8 cm³/mol. The Morgan fingerprint density at radius 1 is 1.17 bits per heavy atom. The van der Waals surface area contributed by atoms with Crippen LogP contribution >= 0.6 is 0 Å². The first kappa shape index (κ1) is 9.01. The van der Waals surface area contributed by atoms with Crippen molar-refractivity contribution in [2.75, 3.05) is 6.54 Å². The third kappa shape index (κ3) is 3.35. The first-order valence-electron chi connectivity index (χ1n) is 4.35. The molecule has 0 aliphatic rings. The van der Waals surface area contributed by atoms with Gasteiger partial charge in [-0.1, -0.05) is 42.5 Å². The predicted octanol–water partition coefficient (Wildman–Crippen LogP) is 2.44. The van der Waals surface area contributed by atoms with Crippen LogP contribution in [-0.4, -0.2) is 6.54 Å². The summed E-state index contributed by atoms with van der Waals surface area (Å²) in [4.78, 5) is 0. The van der Waals surface area contributed by atoms with Crippen LogP contribution < -0.4 is 5.73 Å². The molecule has 1 rings (SSSR count). The summed E-state index contributed by atoms with van der Waals surface area (Å²) in [7, 11) is 0. The second kappa shape index (κ2) is 5.56. The summed E-state index contributed by atoms with van der Waals surface area (Å²) in [6.07, 6.45) is 6.45. The summed E-state index contributed by atoms with van der Waals surface area (Å²) in [5.41, 5.74) is 6.63. The van der Waals surface area contributed by atoms with E-state index in [-0.39, 0.29) is 0 Å². The largest absolute Gasteiger partial charge is 0.330 e. The number of allylic oxidation sites excluding steroid dienone is 1. The highest BCUT2D eigenvalue weighted by atomic mass is 14.5. The van der Waals surface area contributed by atoms with Crippen LogP contribution in [-0.2, 0) is 0 Å². The molecule has 1 aromatic rings. The lowest BCUT2D eigenvalue weighted by Crippen LogP contribution is -1.96. The van der Waals surface area contributed by atoms with E-state index in [4.69, 9.17) is 5.73 Å². The molecule has 1 aromatic carbocycles. The molecule has 0 unspecified atom stereocenters. The summed E-state index contributed by atoms with van der Waals surface area (Å²) in [6, 6.07) is 10.3. The Morgan fingerprint density at radius 2 is 1.92 bits per heavy atom. The van der Waals surface area contributed by atoms with Crippen LogP contribution in [0.15, 0.2) is 36.4 Å². The molecular formula is C11H15N. The SMILES string of the molecule is NCCC/C=C/c1ccccc1. The molecule has 1 heteroatoms. The number of unbranched alkanes of at least 4 members (excludes halogenated alkanes) is 1. The lowest BCUT2D eigenvalue weighted by Gasteiger charge is -1.91. The highest BCUT2D eigenvalue weighted by Crippen LogP contribution is 2.02. The van der Waals surface area contributed by atoms with Crippen molar-refractivity contribution in [3.8, 4) is 0 Å². The van der Waals surface area contributed by atoms with Gasteiger partial charge in [-0.3, -0.25) is 0 Å². The summed E-state index contributed by atoms with van der Waals surface area (Å²) in [5, 5.41) is 0. The van der Waals surface area contributed by atoms with Crippen LogP contribution in [0.2, 0.25) is 0 Å². The molecule has 0 spiro atoms. The number of benzene rings is 1. The standard InChI is InChI=1S/C11H15N/c12-10-6-2-5-9-11-7-3-1-4-8-11/h1,3-5,7-9H,2,6,10,12H2/b9-5+. The van der Waals surface area contributed by atoms with Gasteiger partial charge in [-0.25, -0.2) is 0 Å². The number of hydrogen-bond acceptors (Lipinski definition) is 1. The average molecular weight is 161 g/mol. The second-order valence-corrected chi connectivity index (χ2v) is 2.74. The van der Waals surface area contributed by atoms with Crippen LogP contribution in [0.4, 0.5) is 0 Å². The molecule has 0 aliphatic heterocycles. The van der Waals surface area contributed by atoms with E-state index in [2.05, 4.69) is 24.3 Å². The zero-order valence-corrected chi connectivity index (χ0v) is 7.24. The van der Waals surface area contributed by atoms with Crippen molar-refractivity contribution >= 4 is 6.08 Å². The maximum absolute atomic E-state index is 5.37. The molecule has 2 N–H and O–H groups in total. The quantitative estimate of drug-likeness (QED) is 0.674. The topological polar surface area (TPSA) is 26.0 Å². The van der Waals surface area contributed by atoms with Crippen LogP contribution in [0.3, 0.4) is 0 Å². The maximum Gasteiger partial charge on any atom is -0.00743 e. The molecular weight excluding hydrogens is 146 g/mol. The van der Waals surface area contributed by atoms with Crippen molar-refractivity contribution in [2.24, 2.45) is 5.73 Å². The molecule has 0 saturated heterocycles. The van der Waals surface area contributed by atoms with Gasteiger partial charge in [-0.05, 0) is 24.9 Å². The molecule has 64 valence electrons. The van der Waals surface area contributed by atoms with Gasteiger partial charge in [-0.2, -0.15) is 0 Å². The highest BCUT2D eigenvalue weighted by Gasteiger charge is 1.81. The van der Waals surface area contributed by atoms with E-state index in [1.807, 2.05) is 18.2 Å². The van der Waals surface area contributed by atoms with Gasteiger partial charge in [0.2, 0.25) is 0 Å². The minimum absolute atomic E-state index is 0.777. The van der Waals surface area contributed by atoms with Crippen molar-refractivity contribution in [1.82, 2.24) is 0 Å². The van der Waals surface area contributed by atoms with Gasteiger partial charge in [0.1, 0.15) is 0 Å². The second-order valence-electron chi connectivity index (χ2n) is 2.74. The number of rotatable bonds is 4. The minimum atomic E-state index is 0.777. The molecule has 0 aliphatic carbocycles. The van der Waals surface area contributed by atoms with E-state index < -0.39 is 0 Å². The Hall–Kier alpha value is -1.08. The third-order valence-electron chi connectivity index (χ3n) is 1.68. The van der Waals surface area contributed by atoms with Crippen LogP contribution in [0.25, 0.3) is 6.08 Å². The summed E-state index contributed by atoms with van der Waals surface area (Å²) < 4.78 is 0. The molecule has 0 saturated carbocycles. The van der Waals surface area contributed by atoms with Gasteiger partial charge in [-0.15, -0.1) is 0 Å². The first-order chi connectivity index (χ1) is 5.93. The van der Waals surface area contributed by atoms with Crippen molar-refractivity contribution < 1.29 is 0 Å². The fraction of sp³-hybridized carbons (Fsp3) is 0.273. The summed E-state index contributed by atoms with van der Waals surface area (Å²) in [6.45, 7) is 0.777. The number of nitrogens with two attached hydrogens (primary N) is 1. The van der Waals surface area contributed by atoms with E-state index in [1.54, 1.807) is 0 Å². The highest BCUT2D eigenvalue weighted by molar-refractivity contribution is 5.48. The maximum atomic E-state index is 5.37. The van der Waals surface area contributed by atoms with Crippen molar-refractivity contribution in [3.05, 3.63) is 42.0 Å². The van der Waals surface area contributed by atoms with Crippen LogP contribution in [0.5, 0.6) is 0 Å². The molecule has 0 atom stereocenters. The average Bonchev–Trinajstić information content (AvgIpc) is 2.14. The van der Waals surface area contributed by atoms with Crippen LogP contribution in [0, 0.1) is 0 Å². The van der Waals surface area contributed by atoms with E-state index in [1.165, 1.54) is 5.56 Å². The number of hydrogen-bond donors (Lipinski definition) is 1. The fourth-order valence-electron chi connectivity index (χ4n) is 1.02. The Morgan fingerprint density at radius 3 is 2.58 bits per heavy atom. The van der Waals surface area contributed by atoms with Crippen molar-refractivity contribution in [2.45, 2.75) is 12.8 Å². The normalized spacial score (nSPS) is 10.8. The van der Waals surface area contributed by atoms with Gasteiger partial charge >= 0.3 is 0 Å². The van der Waals surface area contributed by atoms with E-state index in [9.17, 15) is 0 Å². The van der Waals surface area contributed by atoms with Gasteiger partial charge in [0, 0.05) is 0 Å². The minimum Gasteiger partial charge on any atom is -0.330 e. The molecule has 1 nitrogen and oxygen atoms in total. The Balaban J connectivity index is 2.36. The molecule has 0 bridgehead atoms. The lowest BCUT2D eigenvalue weighted by molar-refractivity contribution is 0.857. The molecule has 0 radical (unpaired) electrons. The Kier molecular flexibility index (Phi) is 4.17. The summed E-state index contributed by atoms with van der Waals surface area (Å²) in [5.74, 6) is 0. The zero-order valence-electron chi connectivity index (χ0n) is 7.24. The molecule has 0 fully saturated rings. The van der Waals surface area contributed by atoms with Crippen molar-refractivity contribution in [1.29, 1.82) is 0 Å². The monoisotopic (exact) mass is 161 g/mol. The molecule has 12 heavy (non-hydrogen) atoms. The van der Waals surface area contributed by atoms with Crippen LogP contribution in [0.1, 0.15) is 18.4 Å². The smallest absolute Gasteiger partial charge is 0.00743 e. The molecule has 0 heterocycles. The van der Waals surface area contributed by atoms with Gasteiger partial charge in [0.05, 0.1) is 0 Å². The van der Waals surface area contributed by atoms with Gasteiger partial charge in [0.15, 0.2) is 0 Å². The van der Waals surface area contributed by atoms with E-state index in [0.29, 0.717) is 0 Å². The van der Waals surface area contributed by atoms with E-state index in [0.717, 1.165) is 19.4 Å². The molecule has 0 aromatic heterocycles. The Bertz CT molecular complexity index is 226. The van der Waals surface area contributed by atoms with Gasteiger partial charge < -0.3 is 5.73 Å². The zero-order chi connectivity index (χ0) is 8.65. The van der Waals surface area contributed by atoms with Crippen molar-refractivity contribution in [3.63, 3.8) is 0 Å². The molecule has 0 amide bonds. The van der Waals surface area contributed by atoms with Gasteiger partial charge in [0.25, 0.3) is 0 Å². The first-order valence-corrected chi connectivity index (χ1v) is 4.35. The summed E-state index contributed by atoms with van der Waals surface area (Å²) >= 11 is 0. The Labute approximate surface area is 73.9 Å². The fourth-order valence-corrected chi connectivity index (χ4v) is 1.02. The third-order valence-corrected chi connectivity index (χ3v) is 1.68. The van der Waals surface area contributed by atoms with E-state index >= 15 is 0 Å². The lowest BCUT2D eigenvalue weighted by atomic mass is 10.2.